The van der Waals surface area contributed by atoms with Crippen molar-refractivity contribution in [1.82, 2.24) is 10.2 Å². The Kier molecular flexibility index (Phi) is 5.76. The predicted octanol–water partition coefficient (Wildman–Crippen LogP) is 4.30. The first kappa shape index (κ1) is 17.3. The minimum atomic E-state index is 0.496. The van der Waals surface area contributed by atoms with E-state index in [-0.39, 0.29) is 0 Å². The van der Waals surface area contributed by atoms with Gasteiger partial charge in [-0.25, -0.2) is 0 Å². The van der Waals surface area contributed by atoms with Gasteiger partial charge in [0, 0.05) is 19.1 Å². The quantitative estimate of drug-likeness (QED) is 0.813. The van der Waals surface area contributed by atoms with Crippen molar-refractivity contribution in [1.29, 1.82) is 0 Å². The summed E-state index contributed by atoms with van der Waals surface area (Å²) >= 11 is 0. The van der Waals surface area contributed by atoms with E-state index in [0.717, 1.165) is 5.92 Å². The summed E-state index contributed by atoms with van der Waals surface area (Å²) in [4.78, 5) is 2.77. The van der Waals surface area contributed by atoms with Crippen LogP contribution in [0.1, 0.15) is 73.1 Å². The zero-order valence-corrected chi connectivity index (χ0v) is 15.2. The average Bonchev–Trinajstić information content (AvgIpc) is 2.85. The third kappa shape index (κ3) is 4.96. The van der Waals surface area contributed by atoms with Crippen molar-refractivity contribution >= 4 is 0 Å². The van der Waals surface area contributed by atoms with E-state index in [9.17, 15) is 0 Å². The zero-order chi connectivity index (χ0) is 15.5. The van der Waals surface area contributed by atoms with E-state index >= 15 is 0 Å². The Morgan fingerprint density at radius 1 is 1.10 bits per heavy atom. The van der Waals surface area contributed by atoms with Crippen molar-refractivity contribution in [3.63, 3.8) is 0 Å². The van der Waals surface area contributed by atoms with E-state index < -0.39 is 0 Å². The molecule has 2 aliphatic rings. The van der Waals surface area contributed by atoms with E-state index in [0.29, 0.717) is 16.9 Å². The number of hydrogen-bond donors (Lipinski definition) is 1. The van der Waals surface area contributed by atoms with E-state index in [2.05, 4.69) is 44.8 Å². The van der Waals surface area contributed by atoms with Crippen molar-refractivity contribution in [3.8, 4) is 0 Å². The molecule has 2 nitrogen and oxygen atoms in total. The lowest BCUT2D eigenvalue weighted by atomic mass is 9.75. The number of nitrogens with one attached hydrogen (secondary N) is 1. The van der Waals surface area contributed by atoms with E-state index in [1.165, 1.54) is 64.7 Å². The van der Waals surface area contributed by atoms with Crippen LogP contribution in [0.4, 0.5) is 0 Å². The van der Waals surface area contributed by atoms with Gasteiger partial charge >= 0.3 is 0 Å². The standard InChI is InChI=1S/C19H38N2/c1-16(2)20-14-19(10-6-7-11-19)15-21-12-8-17(9-13-21)18(3,4)5/h16-17,20H,6-15H2,1-5H3. The highest BCUT2D eigenvalue weighted by Gasteiger charge is 2.37. The highest BCUT2D eigenvalue weighted by molar-refractivity contribution is 4.91. The maximum absolute atomic E-state index is 3.72. The second-order valence-corrected chi connectivity index (χ2v) is 9.16. The van der Waals surface area contributed by atoms with Crippen molar-refractivity contribution in [2.45, 2.75) is 79.2 Å². The van der Waals surface area contributed by atoms with Crippen LogP contribution in [-0.4, -0.2) is 37.1 Å². The second-order valence-electron chi connectivity index (χ2n) is 9.16. The van der Waals surface area contributed by atoms with Gasteiger partial charge in [0.25, 0.3) is 0 Å². The molecule has 1 saturated carbocycles. The van der Waals surface area contributed by atoms with Crippen molar-refractivity contribution < 1.29 is 0 Å². The minimum Gasteiger partial charge on any atom is -0.314 e. The first-order chi connectivity index (χ1) is 9.81. The normalized spacial score (nSPS) is 24.9. The Morgan fingerprint density at radius 2 is 1.67 bits per heavy atom. The first-order valence-corrected chi connectivity index (χ1v) is 9.26. The topological polar surface area (TPSA) is 15.3 Å². The van der Waals surface area contributed by atoms with Crippen LogP contribution in [-0.2, 0) is 0 Å². The molecule has 0 aromatic heterocycles. The third-order valence-corrected chi connectivity index (χ3v) is 5.92. The summed E-state index contributed by atoms with van der Waals surface area (Å²) in [7, 11) is 0. The molecule has 1 heterocycles. The van der Waals surface area contributed by atoms with Gasteiger partial charge in [0.05, 0.1) is 0 Å². The molecule has 124 valence electrons. The predicted molar refractivity (Wildman–Crippen MR) is 92.7 cm³/mol. The Labute approximate surface area is 133 Å². The summed E-state index contributed by atoms with van der Waals surface area (Å²) in [5.41, 5.74) is 1.06. The van der Waals surface area contributed by atoms with Gasteiger partial charge < -0.3 is 10.2 Å². The van der Waals surface area contributed by atoms with Crippen LogP contribution in [0.25, 0.3) is 0 Å². The molecule has 0 radical (unpaired) electrons. The Morgan fingerprint density at radius 3 is 2.14 bits per heavy atom. The highest BCUT2D eigenvalue weighted by Crippen LogP contribution is 2.40. The van der Waals surface area contributed by atoms with Crippen LogP contribution >= 0.6 is 0 Å². The molecule has 1 aliphatic carbocycles. The molecule has 2 rings (SSSR count). The van der Waals surface area contributed by atoms with Crippen molar-refractivity contribution in [3.05, 3.63) is 0 Å². The molecule has 0 spiro atoms. The smallest absolute Gasteiger partial charge is 0.00501 e. The molecule has 0 bridgehead atoms. The van der Waals surface area contributed by atoms with Crippen LogP contribution in [0.3, 0.4) is 0 Å². The van der Waals surface area contributed by atoms with Crippen molar-refractivity contribution in [2.75, 3.05) is 26.2 Å². The van der Waals surface area contributed by atoms with Gasteiger partial charge in [-0.05, 0) is 55.5 Å². The van der Waals surface area contributed by atoms with Crippen molar-refractivity contribution in [2.24, 2.45) is 16.7 Å². The molecule has 1 N–H and O–H groups in total. The molecule has 0 amide bonds. The fourth-order valence-corrected chi connectivity index (χ4v) is 4.37. The van der Waals surface area contributed by atoms with Gasteiger partial charge in [-0.1, -0.05) is 47.5 Å². The van der Waals surface area contributed by atoms with Gasteiger partial charge in [-0.2, -0.15) is 0 Å². The van der Waals surface area contributed by atoms with Crippen LogP contribution < -0.4 is 5.32 Å². The Balaban J connectivity index is 1.85. The lowest BCUT2D eigenvalue weighted by molar-refractivity contribution is 0.0742. The molecule has 0 unspecified atom stereocenters. The Hall–Kier alpha value is -0.0800. The molecule has 2 heteroatoms. The lowest BCUT2D eigenvalue weighted by Gasteiger charge is -2.42. The maximum atomic E-state index is 3.72. The lowest BCUT2D eigenvalue weighted by Crippen LogP contribution is -2.47. The summed E-state index contributed by atoms with van der Waals surface area (Å²) in [6.07, 6.45) is 8.56. The number of hydrogen-bond acceptors (Lipinski definition) is 2. The largest absolute Gasteiger partial charge is 0.314 e. The fourth-order valence-electron chi connectivity index (χ4n) is 4.37. The van der Waals surface area contributed by atoms with Gasteiger partial charge in [0.2, 0.25) is 0 Å². The molecular formula is C19H38N2. The maximum Gasteiger partial charge on any atom is 0.00501 e. The molecule has 1 saturated heterocycles. The summed E-state index contributed by atoms with van der Waals surface area (Å²) in [5.74, 6) is 0.919. The van der Waals surface area contributed by atoms with Gasteiger partial charge in [-0.3, -0.25) is 0 Å². The van der Waals surface area contributed by atoms with Crippen LogP contribution in [0.5, 0.6) is 0 Å². The van der Waals surface area contributed by atoms with E-state index in [4.69, 9.17) is 0 Å². The SMILES string of the molecule is CC(C)NCC1(CN2CCC(C(C)(C)C)CC2)CCCC1. The van der Waals surface area contributed by atoms with Gasteiger partial charge in [-0.15, -0.1) is 0 Å². The Bertz CT molecular complexity index is 302. The van der Waals surface area contributed by atoms with Crippen LogP contribution in [0.15, 0.2) is 0 Å². The van der Waals surface area contributed by atoms with Crippen LogP contribution in [0, 0.1) is 16.7 Å². The molecule has 21 heavy (non-hydrogen) atoms. The molecule has 0 atom stereocenters. The number of rotatable bonds is 5. The molecule has 0 aromatic carbocycles. The highest BCUT2D eigenvalue weighted by atomic mass is 15.1. The first-order valence-electron chi connectivity index (χ1n) is 9.26. The summed E-state index contributed by atoms with van der Waals surface area (Å²) < 4.78 is 0. The zero-order valence-electron chi connectivity index (χ0n) is 15.2. The average molecular weight is 295 g/mol. The minimum absolute atomic E-state index is 0.496. The summed E-state index contributed by atoms with van der Waals surface area (Å²) in [5, 5.41) is 3.72. The number of likely N-dealkylation sites (tertiary alicyclic amines) is 1. The number of nitrogens with zero attached hydrogens (tertiary/aromatic N) is 1. The number of piperidine rings is 1. The molecule has 0 aromatic rings. The summed E-state index contributed by atoms with van der Waals surface area (Å²) in [6.45, 7) is 17.0. The monoisotopic (exact) mass is 294 g/mol. The molecular weight excluding hydrogens is 256 g/mol. The fraction of sp³-hybridized carbons (Fsp3) is 1.00. The molecule has 2 fully saturated rings. The van der Waals surface area contributed by atoms with E-state index in [1.807, 2.05) is 0 Å². The second kappa shape index (κ2) is 7.00. The van der Waals surface area contributed by atoms with Crippen LogP contribution in [0.2, 0.25) is 0 Å². The van der Waals surface area contributed by atoms with Gasteiger partial charge in [0.1, 0.15) is 0 Å². The summed E-state index contributed by atoms with van der Waals surface area (Å²) in [6, 6.07) is 0.620. The van der Waals surface area contributed by atoms with E-state index in [1.54, 1.807) is 0 Å². The third-order valence-electron chi connectivity index (χ3n) is 5.92. The molecule has 1 aliphatic heterocycles. The van der Waals surface area contributed by atoms with Gasteiger partial charge in [0.15, 0.2) is 0 Å².